The van der Waals surface area contributed by atoms with Gasteiger partial charge < -0.3 is 10.0 Å². The molecule has 0 rings (SSSR count). The van der Waals surface area contributed by atoms with Gasteiger partial charge in [0.1, 0.15) is 0 Å². The second kappa shape index (κ2) is 6.22. The van der Waals surface area contributed by atoms with Crippen molar-refractivity contribution >= 4 is 11.9 Å². The average Bonchev–Trinajstić information content (AvgIpc) is 2.05. The summed E-state index contributed by atoms with van der Waals surface area (Å²) in [6.07, 6.45) is 3.08. The molecule has 4 nitrogen and oxygen atoms in total. The van der Waals surface area contributed by atoms with E-state index in [1.807, 2.05) is 6.92 Å². The summed E-state index contributed by atoms with van der Waals surface area (Å²) in [5.74, 6) is -1.02. The summed E-state index contributed by atoms with van der Waals surface area (Å²) < 4.78 is 0. The summed E-state index contributed by atoms with van der Waals surface area (Å²) in [5.41, 5.74) is 0. The van der Waals surface area contributed by atoms with E-state index in [-0.39, 0.29) is 18.9 Å². The zero-order valence-corrected chi connectivity index (χ0v) is 7.99. The largest absolute Gasteiger partial charge is 0.481 e. The van der Waals surface area contributed by atoms with E-state index in [1.54, 1.807) is 13.0 Å². The molecule has 1 N–H and O–H groups in total. The van der Waals surface area contributed by atoms with Crippen molar-refractivity contribution in [2.24, 2.45) is 0 Å². The van der Waals surface area contributed by atoms with Gasteiger partial charge in [-0.3, -0.25) is 9.59 Å². The Morgan fingerprint density at radius 3 is 2.46 bits per heavy atom. The Bertz CT molecular complexity index is 211. The van der Waals surface area contributed by atoms with Gasteiger partial charge in [0.2, 0.25) is 5.91 Å². The zero-order chi connectivity index (χ0) is 10.3. The molecule has 0 aromatic heterocycles. The number of aliphatic carboxylic acids is 1. The molecule has 0 bridgehead atoms. The van der Waals surface area contributed by atoms with Crippen LogP contribution in [0.25, 0.3) is 0 Å². The molecule has 13 heavy (non-hydrogen) atoms. The lowest BCUT2D eigenvalue weighted by Crippen LogP contribution is -2.31. The normalized spacial score (nSPS) is 10.3. The van der Waals surface area contributed by atoms with Gasteiger partial charge in [0.25, 0.3) is 0 Å². The SMILES string of the molecule is C/C=C/C(=O)N(CC)CCC(=O)O. The van der Waals surface area contributed by atoms with Crippen LogP contribution in [0.1, 0.15) is 20.3 Å². The number of hydrogen-bond acceptors (Lipinski definition) is 2. The second-order valence-electron chi connectivity index (χ2n) is 2.56. The molecule has 0 spiro atoms. The van der Waals surface area contributed by atoms with E-state index in [1.165, 1.54) is 11.0 Å². The number of rotatable bonds is 5. The first-order chi connectivity index (χ1) is 6.11. The van der Waals surface area contributed by atoms with Crippen LogP contribution in [0.5, 0.6) is 0 Å². The number of amides is 1. The minimum atomic E-state index is -0.883. The number of carboxylic acid groups (broad SMARTS) is 1. The first kappa shape index (κ1) is 11.7. The van der Waals surface area contributed by atoms with E-state index in [0.29, 0.717) is 6.54 Å². The fourth-order valence-electron chi connectivity index (χ4n) is 0.903. The van der Waals surface area contributed by atoms with Gasteiger partial charge in [0.15, 0.2) is 0 Å². The summed E-state index contributed by atoms with van der Waals surface area (Å²) in [6, 6.07) is 0. The van der Waals surface area contributed by atoms with E-state index in [0.717, 1.165) is 0 Å². The molecule has 0 saturated heterocycles. The minimum Gasteiger partial charge on any atom is -0.481 e. The van der Waals surface area contributed by atoms with Crippen LogP contribution in [0.15, 0.2) is 12.2 Å². The summed E-state index contributed by atoms with van der Waals surface area (Å²) in [7, 11) is 0. The van der Waals surface area contributed by atoms with E-state index in [2.05, 4.69) is 0 Å². The highest BCUT2D eigenvalue weighted by Gasteiger charge is 2.08. The van der Waals surface area contributed by atoms with Crippen molar-refractivity contribution in [1.82, 2.24) is 4.90 Å². The van der Waals surface area contributed by atoms with Crippen molar-refractivity contribution in [2.45, 2.75) is 20.3 Å². The molecule has 0 aromatic rings. The van der Waals surface area contributed by atoms with Gasteiger partial charge >= 0.3 is 5.97 Å². The summed E-state index contributed by atoms with van der Waals surface area (Å²) in [6.45, 7) is 4.39. The molecule has 1 amide bonds. The fraction of sp³-hybridized carbons (Fsp3) is 0.556. The Labute approximate surface area is 77.8 Å². The molecular weight excluding hydrogens is 170 g/mol. The molecule has 0 saturated carbocycles. The lowest BCUT2D eigenvalue weighted by molar-refractivity contribution is -0.137. The van der Waals surface area contributed by atoms with Crippen LogP contribution in [0.3, 0.4) is 0 Å². The van der Waals surface area contributed by atoms with Crippen molar-refractivity contribution in [3.05, 3.63) is 12.2 Å². The maximum Gasteiger partial charge on any atom is 0.305 e. The van der Waals surface area contributed by atoms with Crippen molar-refractivity contribution < 1.29 is 14.7 Å². The number of hydrogen-bond donors (Lipinski definition) is 1. The number of allylic oxidation sites excluding steroid dienone is 1. The first-order valence-corrected chi connectivity index (χ1v) is 4.25. The van der Waals surface area contributed by atoms with Crippen LogP contribution < -0.4 is 0 Å². The average molecular weight is 185 g/mol. The smallest absolute Gasteiger partial charge is 0.305 e. The van der Waals surface area contributed by atoms with E-state index in [4.69, 9.17) is 5.11 Å². The van der Waals surface area contributed by atoms with Gasteiger partial charge in [0, 0.05) is 13.1 Å². The van der Waals surface area contributed by atoms with Gasteiger partial charge in [-0.05, 0) is 19.9 Å². The number of nitrogens with zero attached hydrogens (tertiary/aromatic N) is 1. The molecule has 0 radical (unpaired) electrons. The van der Waals surface area contributed by atoms with Crippen molar-refractivity contribution in [1.29, 1.82) is 0 Å². The van der Waals surface area contributed by atoms with Crippen LogP contribution in [0.4, 0.5) is 0 Å². The number of carbonyl (C=O) groups excluding carboxylic acids is 1. The molecular formula is C9H15NO3. The zero-order valence-electron chi connectivity index (χ0n) is 7.99. The predicted octanol–water partition coefficient (Wildman–Crippen LogP) is 0.886. The van der Waals surface area contributed by atoms with Gasteiger partial charge in [0.05, 0.1) is 6.42 Å². The molecule has 4 heteroatoms. The van der Waals surface area contributed by atoms with Crippen LogP contribution in [-0.2, 0) is 9.59 Å². The fourth-order valence-corrected chi connectivity index (χ4v) is 0.903. The summed E-state index contributed by atoms with van der Waals surface area (Å²) >= 11 is 0. The second-order valence-corrected chi connectivity index (χ2v) is 2.56. The Hall–Kier alpha value is -1.32. The molecule has 0 unspecified atom stereocenters. The van der Waals surface area contributed by atoms with Crippen LogP contribution in [0, 0.1) is 0 Å². The topological polar surface area (TPSA) is 57.6 Å². The molecule has 0 aliphatic heterocycles. The number of carboxylic acids is 1. The van der Waals surface area contributed by atoms with Crippen molar-refractivity contribution in [3.8, 4) is 0 Å². The van der Waals surface area contributed by atoms with E-state index in [9.17, 15) is 9.59 Å². The van der Waals surface area contributed by atoms with Crippen LogP contribution in [-0.4, -0.2) is 35.0 Å². The predicted molar refractivity (Wildman–Crippen MR) is 49.3 cm³/mol. The molecule has 0 atom stereocenters. The quantitative estimate of drug-likeness (QED) is 0.647. The summed E-state index contributed by atoms with van der Waals surface area (Å²) in [4.78, 5) is 23.0. The molecule has 0 heterocycles. The standard InChI is InChI=1S/C9H15NO3/c1-3-5-8(11)10(4-2)7-6-9(12)13/h3,5H,4,6-7H2,1-2H3,(H,12,13)/b5-3+. The maximum atomic E-state index is 11.2. The highest BCUT2D eigenvalue weighted by molar-refractivity contribution is 5.87. The van der Waals surface area contributed by atoms with Gasteiger partial charge in [-0.1, -0.05) is 6.08 Å². The third-order valence-electron chi connectivity index (χ3n) is 1.60. The Morgan fingerprint density at radius 1 is 1.46 bits per heavy atom. The lowest BCUT2D eigenvalue weighted by atomic mass is 10.3. The van der Waals surface area contributed by atoms with Gasteiger partial charge in [-0.2, -0.15) is 0 Å². The lowest BCUT2D eigenvalue weighted by Gasteiger charge is -2.17. The number of carbonyl (C=O) groups is 2. The molecule has 74 valence electrons. The third kappa shape index (κ3) is 5.00. The third-order valence-corrected chi connectivity index (χ3v) is 1.60. The van der Waals surface area contributed by atoms with E-state index >= 15 is 0 Å². The summed E-state index contributed by atoms with van der Waals surface area (Å²) in [5, 5.41) is 8.41. The Morgan fingerprint density at radius 2 is 2.08 bits per heavy atom. The number of likely N-dealkylation sites (N-methyl/N-ethyl adjacent to an activating group) is 1. The van der Waals surface area contributed by atoms with Crippen LogP contribution >= 0.6 is 0 Å². The Kier molecular flexibility index (Phi) is 5.59. The highest BCUT2D eigenvalue weighted by atomic mass is 16.4. The molecule has 0 aliphatic rings. The molecule has 0 fully saturated rings. The highest BCUT2D eigenvalue weighted by Crippen LogP contribution is 1.94. The van der Waals surface area contributed by atoms with Crippen molar-refractivity contribution in [2.75, 3.05) is 13.1 Å². The minimum absolute atomic E-state index is 0.00284. The molecule has 0 aliphatic carbocycles. The monoisotopic (exact) mass is 185 g/mol. The first-order valence-electron chi connectivity index (χ1n) is 4.25. The van der Waals surface area contributed by atoms with Gasteiger partial charge in [-0.25, -0.2) is 0 Å². The van der Waals surface area contributed by atoms with Crippen molar-refractivity contribution in [3.63, 3.8) is 0 Å². The van der Waals surface area contributed by atoms with E-state index < -0.39 is 5.97 Å². The Balaban J connectivity index is 4.02. The van der Waals surface area contributed by atoms with Crippen LogP contribution in [0.2, 0.25) is 0 Å². The maximum absolute atomic E-state index is 11.2. The molecule has 0 aromatic carbocycles. The van der Waals surface area contributed by atoms with Gasteiger partial charge in [-0.15, -0.1) is 0 Å².